The second-order valence-corrected chi connectivity index (χ2v) is 11.3. The molecule has 0 aromatic carbocycles. The van der Waals surface area contributed by atoms with Crippen LogP contribution in [0, 0.1) is 46.3 Å². The van der Waals surface area contributed by atoms with Crippen molar-refractivity contribution < 1.29 is 20.1 Å². The molecule has 4 nitrogen and oxygen atoms in total. The lowest BCUT2D eigenvalue weighted by Crippen LogP contribution is -2.58. The number of carboxylic acid groups (broad SMARTS) is 1. The van der Waals surface area contributed by atoms with Gasteiger partial charge in [-0.25, -0.2) is 0 Å². The number of fused-ring (bicyclic) bond motifs is 5. The molecule has 160 valence electrons. The van der Waals surface area contributed by atoms with Crippen LogP contribution in [0.1, 0.15) is 85.0 Å². The molecule has 4 saturated carbocycles. The number of carbonyl (C=O) groups excluding carboxylic acids is 1. The van der Waals surface area contributed by atoms with Crippen molar-refractivity contribution in [1.29, 1.82) is 0 Å². The molecular formula is C24H39O4-. The number of aliphatic hydroxyl groups is 2. The Kier molecular flexibility index (Phi) is 5.36. The summed E-state index contributed by atoms with van der Waals surface area (Å²) in [5.41, 5.74) is 0.494. The fourth-order valence-electron chi connectivity index (χ4n) is 8.72. The van der Waals surface area contributed by atoms with Gasteiger partial charge in [-0.1, -0.05) is 20.8 Å². The second-order valence-electron chi connectivity index (χ2n) is 11.3. The summed E-state index contributed by atoms with van der Waals surface area (Å²) in [7, 11) is 0. The first kappa shape index (κ1) is 20.7. The fourth-order valence-corrected chi connectivity index (χ4v) is 8.72. The predicted molar refractivity (Wildman–Crippen MR) is 106 cm³/mol. The molecule has 10 atom stereocenters. The van der Waals surface area contributed by atoms with E-state index in [4.69, 9.17) is 0 Å². The van der Waals surface area contributed by atoms with Crippen LogP contribution < -0.4 is 5.11 Å². The number of aliphatic carboxylic acids is 1. The van der Waals surface area contributed by atoms with E-state index in [1.54, 1.807) is 0 Å². The molecule has 0 saturated heterocycles. The SMILES string of the molecule is C[C@H](CCC(=O)[O-])[C@@H]1CC[C@H]2[C@@H]3[C@@H](O)C[C@H]4C[C@@H](O)CC[C@]4(C)[C@H]3CC[C@@]21C. The highest BCUT2D eigenvalue weighted by molar-refractivity contribution is 5.64. The third-order valence-corrected chi connectivity index (χ3v) is 10.2. The molecule has 0 aromatic heterocycles. The molecule has 0 unspecified atom stereocenters. The van der Waals surface area contributed by atoms with E-state index in [1.165, 1.54) is 25.7 Å². The topological polar surface area (TPSA) is 80.6 Å². The molecule has 4 fully saturated rings. The Balaban J connectivity index is 1.55. The highest BCUT2D eigenvalue weighted by Gasteiger charge is 2.62. The maximum Gasteiger partial charge on any atom is 0.0577 e. The minimum atomic E-state index is -0.934. The standard InChI is InChI=1S/C24H40O4/c1-14(4-7-21(27)28)17-5-6-18-22-19(9-11-24(17,18)3)23(2)10-8-16(25)12-15(23)13-20(22)26/h14-20,22,25-26H,4-13H2,1-3H3,(H,27,28)/p-1/t14-,15-,16+,17+,18+,19+,20+,22+,23+,24-/m1/s1. The highest BCUT2D eigenvalue weighted by Crippen LogP contribution is 2.68. The summed E-state index contributed by atoms with van der Waals surface area (Å²) in [6.07, 6.45) is 8.91. The van der Waals surface area contributed by atoms with Gasteiger partial charge in [-0.05, 0) is 111 Å². The van der Waals surface area contributed by atoms with Gasteiger partial charge in [0.05, 0.1) is 12.2 Å². The van der Waals surface area contributed by atoms with E-state index in [2.05, 4.69) is 20.8 Å². The van der Waals surface area contributed by atoms with Crippen molar-refractivity contribution in [1.82, 2.24) is 0 Å². The van der Waals surface area contributed by atoms with E-state index in [-0.39, 0.29) is 29.5 Å². The normalized spacial score (nSPS) is 51.7. The largest absolute Gasteiger partial charge is 0.550 e. The van der Waals surface area contributed by atoms with E-state index < -0.39 is 5.97 Å². The Morgan fingerprint density at radius 1 is 1.04 bits per heavy atom. The number of carboxylic acids is 1. The maximum absolute atomic E-state index is 11.2. The Morgan fingerprint density at radius 3 is 2.43 bits per heavy atom. The molecule has 0 heterocycles. The Morgan fingerprint density at radius 2 is 1.71 bits per heavy atom. The molecule has 2 N–H and O–H groups in total. The van der Waals surface area contributed by atoms with Crippen molar-refractivity contribution in [3.63, 3.8) is 0 Å². The van der Waals surface area contributed by atoms with Crippen LogP contribution in [-0.2, 0) is 4.79 Å². The zero-order chi connectivity index (χ0) is 20.3. The zero-order valence-corrected chi connectivity index (χ0v) is 17.9. The van der Waals surface area contributed by atoms with E-state index in [9.17, 15) is 20.1 Å². The van der Waals surface area contributed by atoms with Crippen molar-refractivity contribution in [2.75, 3.05) is 0 Å². The summed E-state index contributed by atoms with van der Waals surface area (Å²) < 4.78 is 0. The second kappa shape index (κ2) is 7.27. The first-order valence-electron chi connectivity index (χ1n) is 11.7. The quantitative estimate of drug-likeness (QED) is 0.771. The van der Waals surface area contributed by atoms with Crippen molar-refractivity contribution in [2.24, 2.45) is 46.3 Å². The van der Waals surface area contributed by atoms with Crippen molar-refractivity contribution in [2.45, 2.75) is 97.2 Å². The van der Waals surface area contributed by atoms with Gasteiger partial charge in [0.15, 0.2) is 0 Å². The summed E-state index contributed by atoms with van der Waals surface area (Å²) in [5.74, 6) is 1.99. The third-order valence-electron chi connectivity index (χ3n) is 10.2. The Labute approximate surface area is 170 Å². The monoisotopic (exact) mass is 391 g/mol. The summed E-state index contributed by atoms with van der Waals surface area (Å²) >= 11 is 0. The molecule has 4 aliphatic rings. The molecule has 0 bridgehead atoms. The van der Waals surface area contributed by atoms with Gasteiger partial charge < -0.3 is 20.1 Å². The number of rotatable bonds is 4. The van der Waals surface area contributed by atoms with Gasteiger partial charge >= 0.3 is 0 Å². The van der Waals surface area contributed by atoms with Crippen LogP contribution in [0.4, 0.5) is 0 Å². The van der Waals surface area contributed by atoms with Gasteiger partial charge in [-0.2, -0.15) is 0 Å². The minimum absolute atomic E-state index is 0.162. The van der Waals surface area contributed by atoms with Crippen LogP contribution in [0.25, 0.3) is 0 Å². The first-order chi connectivity index (χ1) is 13.2. The number of hydrogen-bond acceptors (Lipinski definition) is 4. The molecule has 4 rings (SSSR count). The van der Waals surface area contributed by atoms with E-state index in [1.807, 2.05) is 0 Å². The molecule has 4 heteroatoms. The number of carbonyl (C=O) groups is 1. The van der Waals surface area contributed by atoms with Gasteiger partial charge in [0.2, 0.25) is 0 Å². The summed E-state index contributed by atoms with van der Waals surface area (Å²) in [6, 6.07) is 0. The van der Waals surface area contributed by atoms with Crippen molar-refractivity contribution in [3.8, 4) is 0 Å². The van der Waals surface area contributed by atoms with Crippen LogP contribution in [0.15, 0.2) is 0 Å². The zero-order valence-electron chi connectivity index (χ0n) is 17.9. The molecule has 0 aliphatic heterocycles. The number of hydrogen-bond donors (Lipinski definition) is 2. The molecule has 0 spiro atoms. The van der Waals surface area contributed by atoms with Crippen molar-refractivity contribution >= 4 is 5.97 Å². The lowest BCUT2D eigenvalue weighted by atomic mass is 9.43. The molecule has 0 amide bonds. The molecular weight excluding hydrogens is 352 g/mol. The fraction of sp³-hybridized carbons (Fsp3) is 0.958. The summed E-state index contributed by atoms with van der Waals surface area (Å²) in [4.78, 5) is 10.9. The van der Waals surface area contributed by atoms with Crippen molar-refractivity contribution in [3.05, 3.63) is 0 Å². The van der Waals surface area contributed by atoms with E-state index in [0.29, 0.717) is 41.9 Å². The lowest BCUT2D eigenvalue weighted by molar-refractivity contribution is -0.306. The van der Waals surface area contributed by atoms with Crippen LogP contribution in [0.3, 0.4) is 0 Å². The predicted octanol–water partition coefficient (Wildman–Crippen LogP) is 3.14. The average Bonchev–Trinajstić information content (AvgIpc) is 2.98. The molecule has 0 aromatic rings. The Hall–Kier alpha value is -0.610. The van der Waals surface area contributed by atoms with Gasteiger partial charge in [0.25, 0.3) is 0 Å². The van der Waals surface area contributed by atoms with Crippen LogP contribution >= 0.6 is 0 Å². The number of aliphatic hydroxyl groups excluding tert-OH is 2. The van der Waals surface area contributed by atoms with Crippen LogP contribution in [0.2, 0.25) is 0 Å². The van der Waals surface area contributed by atoms with Crippen LogP contribution in [0.5, 0.6) is 0 Å². The molecule has 0 radical (unpaired) electrons. The molecule has 4 aliphatic carbocycles. The third kappa shape index (κ3) is 3.14. The Bertz CT molecular complexity index is 605. The van der Waals surface area contributed by atoms with Crippen LogP contribution in [-0.4, -0.2) is 28.4 Å². The van der Waals surface area contributed by atoms with Gasteiger partial charge in [-0.15, -0.1) is 0 Å². The smallest absolute Gasteiger partial charge is 0.0577 e. The molecule has 28 heavy (non-hydrogen) atoms. The first-order valence-corrected chi connectivity index (χ1v) is 11.7. The van der Waals surface area contributed by atoms with E-state index >= 15 is 0 Å². The van der Waals surface area contributed by atoms with Gasteiger partial charge in [-0.3, -0.25) is 0 Å². The van der Waals surface area contributed by atoms with E-state index in [0.717, 1.165) is 25.7 Å². The lowest BCUT2D eigenvalue weighted by Gasteiger charge is -2.62. The highest BCUT2D eigenvalue weighted by atomic mass is 16.4. The maximum atomic E-state index is 11.2. The summed E-state index contributed by atoms with van der Waals surface area (Å²) in [6.45, 7) is 7.11. The average molecular weight is 392 g/mol. The van der Waals surface area contributed by atoms with Gasteiger partial charge in [0.1, 0.15) is 0 Å². The van der Waals surface area contributed by atoms with Gasteiger partial charge in [0, 0.05) is 5.97 Å². The summed E-state index contributed by atoms with van der Waals surface area (Å²) in [5, 5.41) is 32.4. The minimum Gasteiger partial charge on any atom is -0.550 e.